The van der Waals surface area contributed by atoms with Gasteiger partial charge in [0.15, 0.2) is 0 Å². The molecule has 6 heteroatoms. The fourth-order valence-corrected chi connectivity index (χ4v) is 2.88. The van der Waals surface area contributed by atoms with Gasteiger partial charge in [0.2, 0.25) is 5.91 Å². The SMILES string of the molecule is CCCCc1cc[nH]c1CC(=O)Nc1cc(Br)ccc1NCCO. The van der Waals surface area contributed by atoms with Crippen molar-refractivity contribution in [2.24, 2.45) is 0 Å². The van der Waals surface area contributed by atoms with Crippen molar-refractivity contribution in [3.05, 3.63) is 46.2 Å². The average molecular weight is 394 g/mol. The lowest BCUT2D eigenvalue weighted by molar-refractivity contribution is -0.115. The number of hydrogen-bond acceptors (Lipinski definition) is 3. The van der Waals surface area contributed by atoms with Gasteiger partial charge in [0.05, 0.1) is 24.4 Å². The summed E-state index contributed by atoms with van der Waals surface area (Å²) < 4.78 is 0.885. The molecule has 0 spiro atoms. The molecule has 0 fully saturated rings. The summed E-state index contributed by atoms with van der Waals surface area (Å²) in [4.78, 5) is 15.6. The molecule has 0 unspecified atom stereocenters. The van der Waals surface area contributed by atoms with E-state index < -0.39 is 0 Å². The summed E-state index contributed by atoms with van der Waals surface area (Å²) >= 11 is 3.42. The number of amides is 1. The number of aryl methyl sites for hydroxylation is 1. The first kappa shape index (κ1) is 18.5. The molecule has 0 aliphatic heterocycles. The first-order chi connectivity index (χ1) is 11.6. The third kappa shape index (κ3) is 5.39. The average Bonchev–Trinajstić information content (AvgIpc) is 2.99. The number of halogens is 1. The highest BCUT2D eigenvalue weighted by atomic mass is 79.9. The molecule has 0 aliphatic rings. The highest BCUT2D eigenvalue weighted by molar-refractivity contribution is 9.10. The van der Waals surface area contributed by atoms with Crippen LogP contribution < -0.4 is 10.6 Å². The van der Waals surface area contributed by atoms with Crippen LogP contribution in [0.25, 0.3) is 0 Å². The molecule has 0 bridgehead atoms. The van der Waals surface area contributed by atoms with E-state index in [9.17, 15) is 4.79 Å². The highest BCUT2D eigenvalue weighted by Crippen LogP contribution is 2.26. The Bertz CT molecular complexity index is 670. The molecule has 24 heavy (non-hydrogen) atoms. The lowest BCUT2D eigenvalue weighted by Crippen LogP contribution is -2.17. The molecule has 0 aliphatic carbocycles. The Morgan fingerprint density at radius 2 is 2.12 bits per heavy atom. The Morgan fingerprint density at radius 3 is 2.88 bits per heavy atom. The van der Waals surface area contributed by atoms with Gasteiger partial charge in [-0.1, -0.05) is 29.3 Å². The van der Waals surface area contributed by atoms with E-state index in [1.807, 2.05) is 30.5 Å². The number of aliphatic hydroxyl groups excluding tert-OH is 1. The number of unbranched alkanes of at least 4 members (excludes halogenated alkanes) is 1. The topological polar surface area (TPSA) is 77.2 Å². The molecule has 130 valence electrons. The van der Waals surface area contributed by atoms with Gasteiger partial charge < -0.3 is 20.7 Å². The minimum absolute atomic E-state index is 0.0344. The number of benzene rings is 1. The summed E-state index contributed by atoms with van der Waals surface area (Å²) in [6.07, 6.45) is 5.45. The number of H-pyrrole nitrogens is 1. The van der Waals surface area contributed by atoms with Crippen molar-refractivity contribution in [1.82, 2.24) is 4.98 Å². The lowest BCUT2D eigenvalue weighted by Gasteiger charge is -2.13. The van der Waals surface area contributed by atoms with Crippen LogP contribution >= 0.6 is 15.9 Å². The van der Waals surface area contributed by atoms with E-state index in [0.717, 1.165) is 35.1 Å². The molecule has 2 aromatic rings. The second kappa shape index (κ2) is 9.49. The third-order valence-corrected chi connectivity index (χ3v) is 4.24. The van der Waals surface area contributed by atoms with E-state index in [1.165, 1.54) is 5.56 Å². The fraction of sp³-hybridized carbons (Fsp3) is 0.389. The maximum absolute atomic E-state index is 12.4. The fourth-order valence-electron chi connectivity index (χ4n) is 2.52. The van der Waals surface area contributed by atoms with Gasteiger partial charge in [-0.15, -0.1) is 0 Å². The van der Waals surface area contributed by atoms with Crippen molar-refractivity contribution in [2.75, 3.05) is 23.8 Å². The summed E-state index contributed by atoms with van der Waals surface area (Å²) in [5.41, 5.74) is 3.67. The van der Waals surface area contributed by atoms with Crippen LogP contribution in [0.4, 0.5) is 11.4 Å². The normalized spacial score (nSPS) is 10.6. The second-order valence-electron chi connectivity index (χ2n) is 5.65. The van der Waals surface area contributed by atoms with Gasteiger partial charge in [0.25, 0.3) is 0 Å². The van der Waals surface area contributed by atoms with Crippen molar-refractivity contribution in [3.63, 3.8) is 0 Å². The van der Waals surface area contributed by atoms with Crippen molar-refractivity contribution < 1.29 is 9.90 Å². The summed E-state index contributed by atoms with van der Waals surface area (Å²) in [7, 11) is 0. The van der Waals surface area contributed by atoms with Crippen molar-refractivity contribution in [1.29, 1.82) is 0 Å². The zero-order valence-electron chi connectivity index (χ0n) is 13.9. The minimum atomic E-state index is -0.0691. The summed E-state index contributed by atoms with van der Waals surface area (Å²) in [5, 5.41) is 15.0. The van der Waals surface area contributed by atoms with Crippen LogP contribution in [0.3, 0.4) is 0 Å². The van der Waals surface area contributed by atoms with Crippen LogP contribution in [0.2, 0.25) is 0 Å². The monoisotopic (exact) mass is 393 g/mol. The van der Waals surface area contributed by atoms with Gasteiger partial charge in [-0.2, -0.15) is 0 Å². The summed E-state index contributed by atoms with van der Waals surface area (Å²) in [6, 6.07) is 7.66. The van der Waals surface area contributed by atoms with E-state index in [4.69, 9.17) is 5.11 Å². The van der Waals surface area contributed by atoms with Gasteiger partial charge in [0.1, 0.15) is 0 Å². The quantitative estimate of drug-likeness (QED) is 0.524. The van der Waals surface area contributed by atoms with E-state index in [0.29, 0.717) is 18.7 Å². The van der Waals surface area contributed by atoms with Gasteiger partial charge in [-0.25, -0.2) is 0 Å². The Morgan fingerprint density at radius 1 is 1.29 bits per heavy atom. The standard InChI is InChI=1S/C18H24BrN3O2/c1-2-3-4-13-7-8-20-16(13)12-18(24)22-17-11-14(19)5-6-15(17)21-9-10-23/h5-8,11,20-21,23H,2-4,9-10,12H2,1H3,(H,22,24). The van der Waals surface area contributed by atoms with Crippen LogP contribution in [0.1, 0.15) is 31.0 Å². The van der Waals surface area contributed by atoms with Crippen LogP contribution in [-0.4, -0.2) is 29.1 Å². The highest BCUT2D eigenvalue weighted by Gasteiger charge is 2.12. The van der Waals surface area contributed by atoms with Crippen molar-refractivity contribution in [3.8, 4) is 0 Å². The first-order valence-corrected chi connectivity index (χ1v) is 9.02. The summed E-state index contributed by atoms with van der Waals surface area (Å²) in [6.45, 7) is 2.63. The molecule has 1 aromatic heterocycles. The molecule has 2 rings (SSSR count). The molecule has 0 atom stereocenters. The molecule has 1 amide bonds. The van der Waals surface area contributed by atoms with Gasteiger partial charge in [-0.3, -0.25) is 4.79 Å². The zero-order valence-corrected chi connectivity index (χ0v) is 15.4. The van der Waals surface area contributed by atoms with Crippen LogP contribution in [0, 0.1) is 0 Å². The molecule has 0 saturated heterocycles. The Hall–Kier alpha value is -1.79. The van der Waals surface area contributed by atoms with Gasteiger partial charge >= 0.3 is 0 Å². The van der Waals surface area contributed by atoms with E-state index >= 15 is 0 Å². The number of carbonyl (C=O) groups excluding carboxylic acids is 1. The number of aromatic amines is 1. The Labute approximate surface area is 151 Å². The molecule has 1 heterocycles. The van der Waals surface area contributed by atoms with Crippen molar-refractivity contribution >= 4 is 33.2 Å². The maximum atomic E-state index is 12.4. The zero-order chi connectivity index (χ0) is 17.4. The first-order valence-electron chi connectivity index (χ1n) is 8.23. The predicted octanol–water partition coefficient (Wildman–Crippen LogP) is 3.71. The number of anilines is 2. The lowest BCUT2D eigenvalue weighted by atomic mass is 10.1. The minimum Gasteiger partial charge on any atom is -0.395 e. The molecular formula is C18H24BrN3O2. The van der Waals surface area contributed by atoms with Gasteiger partial charge in [0, 0.05) is 22.9 Å². The van der Waals surface area contributed by atoms with Gasteiger partial charge in [-0.05, 0) is 42.7 Å². The predicted molar refractivity (Wildman–Crippen MR) is 101 cm³/mol. The van der Waals surface area contributed by atoms with Crippen LogP contribution in [-0.2, 0) is 17.6 Å². The van der Waals surface area contributed by atoms with Crippen LogP contribution in [0.15, 0.2) is 34.9 Å². The molecule has 4 N–H and O–H groups in total. The Balaban J connectivity index is 2.04. The van der Waals surface area contributed by atoms with Crippen LogP contribution in [0.5, 0.6) is 0 Å². The number of nitrogens with one attached hydrogen (secondary N) is 3. The van der Waals surface area contributed by atoms with Crippen molar-refractivity contribution in [2.45, 2.75) is 32.6 Å². The summed E-state index contributed by atoms with van der Waals surface area (Å²) in [5.74, 6) is -0.0691. The largest absolute Gasteiger partial charge is 0.395 e. The number of aliphatic hydroxyl groups is 1. The molecule has 1 aromatic carbocycles. The smallest absolute Gasteiger partial charge is 0.230 e. The number of rotatable bonds is 9. The molecule has 0 saturated carbocycles. The third-order valence-electron chi connectivity index (χ3n) is 3.75. The van der Waals surface area contributed by atoms with E-state index in [1.54, 1.807) is 0 Å². The molecular weight excluding hydrogens is 370 g/mol. The second-order valence-corrected chi connectivity index (χ2v) is 6.57. The number of aromatic nitrogens is 1. The van der Waals surface area contributed by atoms with E-state index in [2.05, 4.69) is 38.5 Å². The Kier molecular flexibility index (Phi) is 7.34. The van der Waals surface area contributed by atoms with E-state index in [-0.39, 0.29) is 12.5 Å². The number of hydrogen-bond donors (Lipinski definition) is 4. The maximum Gasteiger partial charge on any atom is 0.230 e. The molecule has 0 radical (unpaired) electrons. The number of carbonyl (C=O) groups is 1. The molecule has 5 nitrogen and oxygen atoms in total.